The molecular formula is C14H11BrN2O4. The van der Waals surface area contributed by atoms with E-state index in [-0.39, 0.29) is 16.9 Å². The van der Waals surface area contributed by atoms with Gasteiger partial charge in [0.05, 0.1) is 16.2 Å². The lowest BCUT2D eigenvalue weighted by atomic mass is 10.1. The van der Waals surface area contributed by atoms with Crippen molar-refractivity contribution >= 4 is 39.0 Å². The number of rotatable bonds is 4. The standard InChI is InChI=1S/C14H11BrN2O4/c1-8-2-4-10(15)12(6-8)16-11-5-3-9(14(18)19)7-13(11)17(20)21/h2-7,16H,1H3,(H,18,19). The number of nitrogens with zero attached hydrogens (tertiary/aromatic N) is 1. The van der Waals surface area contributed by atoms with Crippen molar-refractivity contribution in [1.82, 2.24) is 0 Å². The van der Waals surface area contributed by atoms with E-state index >= 15 is 0 Å². The van der Waals surface area contributed by atoms with Gasteiger partial charge in [0.1, 0.15) is 5.69 Å². The van der Waals surface area contributed by atoms with Crippen LogP contribution in [0.5, 0.6) is 0 Å². The number of benzene rings is 2. The van der Waals surface area contributed by atoms with Crippen LogP contribution in [0.4, 0.5) is 17.1 Å². The summed E-state index contributed by atoms with van der Waals surface area (Å²) in [6.45, 7) is 1.90. The summed E-state index contributed by atoms with van der Waals surface area (Å²) in [4.78, 5) is 21.4. The second-order valence-electron chi connectivity index (χ2n) is 4.40. The smallest absolute Gasteiger partial charge is 0.335 e. The van der Waals surface area contributed by atoms with Gasteiger partial charge in [-0.15, -0.1) is 0 Å². The summed E-state index contributed by atoms with van der Waals surface area (Å²) >= 11 is 3.36. The molecule has 0 saturated carbocycles. The molecule has 0 radical (unpaired) electrons. The Balaban J connectivity index is 2.46. The van der Waals surface area contributed by atoms with Gasteiger partial charge >= 0.3 is 5.97 Å². The maximum absolute atomic E-state index is 11.1. The molecule has 0 aliphatic carbocycles. The highest BCUT2D eigenvalue weighted by Crippen LogP contribution is 2.32. The largest absolute Gasteiger partial charge is 0.478 e. The van der Waals surface area contributed by atoms with Gasteiger partial charge in [0.15, 0.2) is 0 Å². The van der Waals surface area contributed by atoms with Gasteiger partial charge < -0.3 is 10.4 Å². The summed E-state index contributed by atoms with van der Waals surface area (Å²) in [5.41, 5.74) is 1.47. The summed E-state index contributed by atoms with van der Waals surface area (Å²) in [6, 6.07) is 9.30. The van der Waals surface area contributed by atoms with E-state index in [9.17, 15) is 14.9 Å². The Hall–Kier alpha value is -2.41. The average Bonchev–Trinajstić information content (AvgIpc) is 2.42. The molecule has 0 fully saturated rings. The third kappa shape index (κ3) is 3.38. The molecule has 0 aromatic heterocycles. The zero-order chi connectivity index (χ0) is 15.6. The molecule has 21 heavy (non-hydrogen) atoms. The molecule has 2 N–H and O–H groups in total. The maximum Gasteiger partial charge on any atom is 0.335 e. The molecule has 2 aromatic carbocycles. The summed E-state index contributed by atoms with van der Waals surface area (Å²) in [6.07, 6.45) is 0. The fourth-order valence-electron chi connectivity index (χ4n) is 1.80. The van der Waals surface area contributed by atoms with Crippen LogP contribution in [0.1, 0.15) is 15.9 Å². The monoisotopic (exact) mass is 350 g/mol. The van der Waals surface area contributed by atoms with Crippen molar-refractivity contribution in [1.29, 1.82) is 0 Å². The molecule has 0 unspecified atom stereocenters. The third-order valence-corrected chi connectivity index (χ3v) is 3.52. The maximum atomic E-state index is 11.1. The molecule has 0 amide bonds. The minimum Gasteiger partial charge on any atom is -0.478 e. The van der Waals surface area contributed by atoms with Gasteiger partial charge in [-0.25, -0.2) is 4.79 Å². The summed E-state index contributed by atoms with van der Waals surface area (Å²) in [7, 11) is 0. The first-order valence-corrected chi connectivity index (χ1v) is 6.72. The number of nitro benzene ring substituents is 1. The van der Waals surface area contributed by atoms with Crippen molar-refractivity contribution in [2.45, 2.75) is 6.92 Å². The molecule has 0 bridgehead atoms. The number of nitrogens with one attached hydrogen (secondary N) is 1. The predicted octanol–water partition coefficient (Wildman–Crippen LogP) is 4.11. The number of carboxylic acids is 1. The molecule has 108 valence electrons. The minimum absolute atomic E-state index is 0.129. The molecule has 6 nitrogen and oxygen atoms in total. The quantitative estimate of drug-likeness (QED) is 0.639. The van der Waals surface area contributed by atoms with E-state index in [1.807, 2.05) is 25.1 Å². The number of hydrogen-bond donors (Lipinski definition) is 2. The minimum atomic E-state index is -1.21. The highest BCUT2D eigenvalue weighted by molar-refractivity contribution is 9.10. The van der Waals surface area contributed by atoms with Crippen LogP contribution in [0.15, 0.2) is 40.9 Å². The molecule has 0 spiro atoms. The van der Waals surface area contributed by atoms with Gasteiger partial charge in [-0.3, -0.25) is 10.1 Å². The highest BCUT2D eigenvalue weighted by Gasteiger charge is 2.18. The lowest BCUT2D eigenvalue weighted by molar-refractivity contribution is -0.383. The lowest BCUT2D eigenvalue weighted by Crippen LogP contribution is -2.02. The van der Waals surface area contributed by atoms with Crippen molar-refractivity contribution < 1.29 is 14.8 Å². The Kier molecular flexibility index (Phi) is 4.23. The Morgan fingerprint density at radius 2 is 1.95 bits per heavy atom. The molecule has 0 heterocycles. The Labute approximate surface area is 128 Å². The van der Waals surface area contributed by atoms with Crippen molar-refractivity contribution in [3.05, 3.63) is 62.1 Å². The molecule has 7 heteroatoms. The molecule has 0 saturated heterocycles. The first kappa shape index (κ1) is 15.0. The third-order valence-electron chi connectivity index (χ3n) is 2.83. The first-order chi connectivity index (χ1) is 9.88. The van der Waals surface area contributed by atoms with E-state index in [1.165, 1.54) is 12.1 Å². The number of halogens is 1. The van der Waals surface area contributed by atoms with E-state index in [4.69, 9.17) is 5.11 Å². The SMILES string of the molecule is Cc1ccc(Br)c(Nc2ccc(C(=O)O)cc2[N+](=O)[O-])c1. The molecule has 2 rings (SSSR count). The Bertz CT molecular complexity index is 731. The highest BCUT2D eigenvalue weighted by atomic mass is 79.9. The Morgan fingerprint density at radius 3 is 2.57 bits per heavy atom. The topological polar surface area (TPSA) is 92.5 Å². The van der Waals surface area contributed by atoms with Crippen LogP contribution in [-0.2, 0) is 0 Å². The van der Waals surface area contributed by atoms with Crippen molar-refractivity contribution in [2.75, 3.05) is 5.32 Å². The molecular weight excluding hydrogens is 340 g/mol. The molecule has 0 aliphatic heterocycles. The van der Waals surface area contributed by atoms with Crippen LogP contribution >= 0.6 is 15.9 Å². The van der Waals surface area contributed by atoms with Crippen LogP contribution in [0.25, 0.3) is 0 Å². The second kappa shape index (κ2) is 5.92. The number of carboxylic acid groups (broad SMARTS) is 1. The van der Waals surface area contributed by atoms with Crippen molar-refractivity contribution in [3.63, 3.8) is 0 Å². The fourth-order valence-corrected chi connectivity index (χ4v) is 2.15. The lowest BCUT2D eigenvalue weighted by Gasteiger charge is -2.10. The molecule has 0 aliphatic rings. The normalized spacial score (nSPS) is 10.2. The second-order valence-corrected chi connectivity index (χ2v) is 5.26. The summed E-state index contributed by atoms with van der Waals surface area (Å²) < 4.78 is 0.754. The van der Waals surface area contributed by atoms with Crippen molar-refractivity contribution in [2.24, 2.45) is 0 Å². The molecule has 0 atom stereocenters. The van der Waals surface area contributed by atoms with Crippen LogP contribution in [0.2, 0.25) is 0 Å². The van der Waals surface area contributed by atoms with E-state index in [0.29, 0.717) is 5.69 Å². The number of aromatic carboxylic acids is 1. The van der Waals surface area contributed by atoms with Gasteiger partial charge in [0.25, 0.3) is 5.69 Å². The Morgan fingerprint density at radius 1 is 1.24 bits per heavy atom. The van der Waals surface area contributed by atoms with E-state index in [1.54, 1.807) is 0 Å². The van der Waals surface area contributed by atoms with Crippen LogP contribution < -0.4 is 5.32 Å². The zero-order valence-electron chi connectivity index (χ0n) is 11.0. The zero-order valence-corrected chi connectivity index (χ0v) is 12.5. The van der Waals surface area contributed by atoms with E-state index < -0.39 is 10.9 Å². The summed E-state index contributed by atoms with van der Waals surface area (Å²) in [5, 5.41) is 22.9. The summed E-state index contributed by atoms with van der Waals surface area (Å²) in [5.74, 6) is -1.21. The van der Waals surface area contributed by atoms with Crippen molar-refractivity contribution in [3.8, 4) is 0 Å². The van der Waals surface area contributed by atoms with Crippen LogP contribution in [0, 0.1) is 17.0 Å². The fraction of sp³-hybridized carbons (Fsp3) is 0.0714. The van der Waals surface area contributed by atoms with Gasteiger partial charge in [-0.05, 0) is 52.7 Å². The average molecular weight is 351 g/mol. The predicted molar refractivity (Wildman–Crippen MR) is 82.2 cm³/mol. The van der Waals surface area contributed by atoms with Gasteiger partial charge in [0, 0.05) is 10.5 Å². The van der Waals surface area contributed by atoms with Gasteiger partial charge in [-0.2, -0.15) is 0 Å². The van der Waals surface area contributed by atoms with E-state index in [0.717, 1.165) is 16.1 Å². The number of hydrogen-bond acceptors (Lipinski definition) is 4. The molecule has 2 aromatic rings. The number of nitro groups is 1. The number of anilines is 2. The number of carbonyl (C=O) groups is 1. The number of aryl methyl sites for hydroxylation is 1. The van der Waals surface area contributed by atoms with Gasteiger partial charge in [-0.1, -0.05) is 6.07 Å². The van der Waals surface area contributed by atoms with Gasteiger partial charge in [0.2, 0.25) is 0 Å². The van der Waals surface area contributed by atoms with E-state index in [2.05, 4.69) is 21.2 Å². The van der Waals surface area contributed by atoms with Crippen LogP contribution in [-0.4, -0.2) is 16.0 Å². The van der Waals surface area contributed by atoms with Crippen LogP contribution in [0.3, 0.4) is 0 Å². The first-order valence-electron chi connectivity index (χ1n) is 5.93.